The van der Waals surface area contributed by atoms with E-state index < -0.39 is 5.67 Å². The average Bonchev–Trinajstić information content (AvgIpc) is 2.20. The van der Waals surface area contributed by atoms with Gasteiger partial charge < -0.3 is 4.90 Å². The normalized spacial score (nSPS) is 33.5. The molecule has 0 bridgehead atoms. The highest BCUT2D eigenvalue weighted by Crippen LogP contribution is 2.44. The van der Waals surface area contributed by atoms with Gasteiger partial charge in [-0.15, -0.1) is 0 Å². The molecule has 1 aliphatic carbocycles. The summed E-state index contributed by atoms with van der Waals surface area (Å²) in [7, 11) is 0. The standard InChI is InChI=1S/C14H19FN2/c1-10-7-16-12(3)17(8-10)9-11(2)13-5-14(4,15)6-13/h7-9,13H,3,5-6H2,1-2,4H3/b11-9+. The summed E-state index contributed by atoms with van der Waals surface area (Å²) in [6.45, 7) is 9.60. The molecule has 0 spiro atoms. The van der Waals surface area contributed by atoms with Gasteiger partial charge in [0.15, 0.2) is 0 Å². The van der Waals surface area contributed by atoms with E-state index in [1.165, 1.54) is 5.57 Å². The van der Waals surface area contributed by atoms with Crippen molar-refractivity contribution in [1.29, 1.82) is 0 Å². The predicted octanol–water partition coefficient (Wildman–Crippen LogP) is 3.79. The molecule has 0 saturated heterocycles. The van der Waals surface area contributed by atoms with Crippen molar-refractivity contribution in [3.63, 3.8) is 0 Å². The Morgan fingerprint density at radius 2 is 2.29 bits per heavy atom. The molecule has 1 heterocycles. The highest BCUT2D eigenvalue weighted by molar-refractivity contribution is 5.79. The topological polar surface area (TPSA) is 15.6 Å². The first-order chi connectivity index (χ1) is 7.87. The first-order valence-electron chi connectivity index (χ1n) is 5.94. The van der Waals surface area contributed by atoms with Crippen molar-refractivity contribution in [2.24, 2.45) is 10.9 Å². The number of hydrogen-bond acceptors (Lipinski definition) is 2. The number of aliphatic imine (C=N–C) groups is 1. The Bertz CT molecular complexity index is 422. The van der Waals surface area contributed by atoms with Crippen LogP contribution in [0.1, 0.15) is 33.6 Å². The maximum absolute atomic E-state index is 13.4. The zero-order valence-electron chi connectivity index (χ0n) is 10.7. The molecular weight excluding hydrogens is 215 g/mol. The number of nitrogens with zero attached hydrogens (tertiary/aromatic N) is 2. The monoisotopic (exact) mass is 234 g/mol. The number of alkyl halides is 1. The summed E-state index contributed by atoms with van der Waals surface area (Å²) in [4.78, 5) is 6.11. The van der Waals surface area contributed by atoms with Gasteiger partial charge in [-0.05, 0) is 45.1 Å². The van der Waals surface area contributed by atoms with E-state index in [4.69, 9.17) is 0 Å². The molecule has 0 aromatic rings. The molecule has 1 aliphatic heterocycles. The van der Waals surface area contributed by atoms with Crippen LogP contribution in [0.25, 0.3) is 0 Å². The molecule has 2 nitrogen and oxygen atoms in total. The summed E-state index contributed by atoms with van der Waals surface area (Å²) in [6, 6.07) is 0. The zero-order chi connectivity index (χ0) is 12.6. The van der Waals surface area contributed by atoms with Gasteiger partial charge in [-0.25, -0.2) is 9.38 Å². The van der Waals surface area contributed by atoms with E-state index in [1.807, 2.05) is 24.2 Å². The molecule has 92 valence electrons. The minimum absolute atomic E-state index is 0.359. The molecule has 0 aromatic carbocycles. The summed E-state index contributed by atoms with van der Waals surface area (Å²) in [6.07, 6.45) is 7.06. The van der Waals surface area contributed by atoms with Crippen LogP contribution in [0.3, 0.4) is 0 Å². The Kier molecular flexibility index (Phi) is 2.94. The number of allylic oxidation sites excluding steroid dienone is 2. The summed E-state index contributed by atoms with van der Waals surface area (Å²) >= 11 is 0. The van der Waals surface area contributed by atoms with E-state index in [-0.39, 0.29) is 0 Å². The lowest BCUT2D eigenvalue weighted by Gasteiger charge is -2.39. The molecule has 17 heavy (non-hydrogen) atoms. The highest BCUT2D eigenvalue weighted by atomic mass is 19.1. The van der Waals surface area contributed by atoms with Gasteiger partial charge >= 0.3 is 0 Å². The minimum atomic E-state index is -0.970. The van der Waals surface area contributed by atoms with Crippen LogP contribution in [0.15, 0.2) is 40.9 Å². The summed E-state index contributed by atoms with van der Waals surface area (Å²) in [5, 5.41) is 0. The summed E-state index contributed by atoms with van der Waals surface area (Å²) in [5.74, 6) is 1.06. The third-order valence-electron chi connectivity index (χ3n) is 3.39. The van der Waals surface area contributed by atoms with Gasteiger partial charge in [-0.2, -0.15) is 0 Å². The number of hydrogen-bond donors (Lipinski definition) is 0. The van der Waals surface area contributed by atoms with Crippen LogP contribution in [-0.2, 0) is 0 Å². The molecule has 0 atom stereocenters. The molecule has 2 rings (SSSR count). The van der Waals surface area contributed by atoms with Gasteiger partial charge in [0, 0.05) is 18.6 Å². The third-order valence-corrected chi connectivity index (χ3v) is 3.39. The summed E-state index contributed by atoms with van der Waals surface area (Å²) < 4.78 is 13.4. The summed E-state index contributed by atoms with van der Waals surface area (Å²) in [5.41, 5.74) is 1.32. The highest BCUT2D eigenvalue weighted by Gasteiger charge is 2.41. The smallest absolute Gasteiger partial charge is 0.129 e. The molecule has 1 saturated carbocycles. The van der Waals surface area contributed by atoms with Gasteiger partial charge in [-0.1, -0.05) is 12.2 Å². The van der Waals surface area contributed by atoms with E-state index in [1.54, 1.807) is 13.1 Å². The minimum Gasteiger partial charge on any atom is -0.309 e. The van der Waals surface area contributed by atoms with E-state index in [0.717, 1.165) is 5.57 Å². The lowest BCUT2D eigenvalue weighted by molar-refractivity contribution is 0.0421. The van der Waals surface area contributed by atoms with Crippen molar-refractivity contribution in [1.82, 2.24) is 4.90 Å². The van der Waals surface area contributed by atoms with Gasteiger partial charge in [0.1, 0.15) is 11.5 Å². The Morgan fingerprint density at radius 1 is 1.65 bits per heavy atom. The maximum atomic E-state index is 13.4. The number of halogens is 1. The predicted molar refractivity (Wildman–Crippen MR) is 69.2 cm³/mol. The lowest BCUT2D eigenvalue weighted by atomic mass is 9.70. The van der Waals surface area contributed by atoms with E-state index >= 15 is 0 Å². The second kappa shape index (κ2) is 4.13. The molecule has 2 aliphatic rings. The largest absolute Gasteiger partial charge is 0.309 e. The second-order valence-corrected chi connectivity index (χ2v) is 5.35. The van der Waals surface area contributed by atoms with Crippen molar-refractivity contribution in [3.8, 4) is 0 Å². The Balaban J connectivity index is 2.05. The Labute approximate surface area is 102 Å². The van der Waals surface area contributed by atoms with Crippen LogP contribution in [-0.4, -0.2) is 16.8 Å². The molecule has 0 radical (unpaired) electrons. The number of rotatable bonds is 2. The van der Waals surface area contributed by atoms with Crippen LogP contribution < -0.4 is 0 Å². The van der Waals surface area contributed by atoms with Crippen LogP contribution in [0.2, 0.25) is 0 Å². The van der Waals surface area contributed by atoms with Crippen LogP contribution >= 0.6 is 0 Å². The average molecular weight is 234 g/mol. The van der Waals surface area contributed by atoms with Crippen molar-refractivity contribution in [2.45, 2.75) is 39.3 Å². The SMILES string of the molecule is C=C1N=CC(C)=CN1/C=C(\C)C1CC(C)(F)C1. The molecular formula is C14H19FN2. The van der Waals surface area contributed by atoms with Crippen molar-refractivity contribution in [2.75, 3.05) is 0 Å². The quantitative estimate of drug-likeness (QED) is 0.709. The van der Waals surface area contributed by atoms with Gasteiger partial charge in [0.05, 0.1) is 0 Å². The molecule has 0 unspecified atom stereocenters. The first-order valence-corrected chi connectivity index (χ1v) is 5.94. The molecule has 0 amide bonds. The molecule has 0 aromatic heterocycles. The maximum Gasteiger partial charge on any atom is 0.129 e. The fourth-order valence-electron chi connectivity index (χ4n) is 2.30. The van der Waals surface area contributed by atoms with Gasteiger partial charge in [0.2, 0.25) is 0 Å². The van der Waals surface area contributed by atoms with Crippen molar-refractivity contribution < 1.29 is 4.39 Å². The van der Waals surface area contributed by atoms with Crippen LogP contribution in [0.5, 0.6) is 0 Å². The molecule has 0 N–H and O–H groups in total. The lowest BCUT2D eigenvalue weighted by Crippen LogP contribution is -2.37. The van der Waals surface area contributed by atoms with E-state index in [0.29, 0.717) is 24.6 Å². The van der Waals surface area contributed by atoms with Crippen molar-refractivity contribution >= 4 is 6.21 Å². The van der Waals surface area contributed by atoms with E-state index in [2.05, 4.69) is 18.5 Å². The molecule has 1 fully saturated rings. The van der Waals surface area contributed by atoms with Crippen molar-refractivity contribution in [3.05, 3.63) is 35.9 Å². The zero-order valence-corrected chi connectivity index (χ0v) is 10.7. The fourth-order valence-corrected chi connectivity index (χ4v) is 2.30. The van der Waals surface area contributed by atoms with E-state index in [9.17, 15) is 4.39 Å². The van der Waals surface area contributed by atoms with Crippen LogP contribution in [0, 0.1) is 5.92 Å². The Hall–Kier alpha value is -1.38. The second-order valence-electron chi connectivity index (χ2n) is 5.35. The van der Waals surface area contributed by atoms with Gasteiger partial charge in [0.25, 0.3) is 0 Å². The Morgan fingerprint density at radius 3 is 2.88 bits per heavy atom. The molecule has 3 heteroatoms. The first kappa shape index (κ1) is 12.1. The third kappa shape index (κ3) is 2.65. The van der Waals surface area contributed by atoms with Gasteiger partial charge in [-0.3, -0.25) is 0 Å². The van der Waals surface area contributed by atoms with Crippen LogP contribution in [0.4, 0.5) is 4.39 Å². The fraction of sp³-hybridized carbons (Fsp3) is 0.500.